The summed E-state index contributed by atoms with van der Waals surface area (Å²) in [6, 6.07) is 12.0. The van der Waals surface area contributed by atoms with Crippen LogP contribution >= 0.6 is 0 Å². The summed E-state index contributed by atoms with van der Waals surface area (Å²) < 4.78 is 26.0. The molecular weight excluding hydrogens is 663 g/mol. The number of methoxy groups -OCH3 is 1. The van der Waals surface area contributed by atoms with Gasteiger partial charge in [-0.3, -0.25) is 14.7 Å². The number of allylic oxidation sites excluding steroid dienone is 1. The fraction of sp³-hybridized carbons (Fsp3) is 0.475. The zero-order valence-electron chi connectivity index (χ0n) is 31.1. The number of nitrogens with zero attached hydrogens (tertiary/aromatic N) is 4. The zero-order chi connectivity index (χ0) is 37.4. The van der Waals surface area contributed by atoms with E-state index in [0.717, 1.165) is 53.7 Å². The maximum Gasteiger partial charge on any atom is 0.410 e. The van der Waals surface area contributed by atoms with Crippen LogP contribution in [0.5, 0.6) is 0 Å². The minimum atomic E-state index is -0.730. The van der Waals surface area contributed by atoms with Gasteiger partial charge in [-0.15, -0.1) is 0 Å². The van der Waals surface area contributed by atoms with Crippen LogP contribution in [0.3, 0.4) is 0 Å². The lowest BCUT2D eigenvalue weighted by Gasteiger charge is -2.35. The lowest BCUT2D eigenvalue weighted by Crippen LogP contribution is -2.56. The van der Waals surface area contributed by atoms with Crippen LogP contribution in [0.4, 0.5) is 14.0 Å². The number of H-pyrrole nitrogens is 1. The summed E-state index contributed by atoms with van der Waals surface area (Å²) in [5.74, 6) is 0.100. The van der Waals surface area contributed by atoms with Crippen molar-refractivity contribution in [1.29, 1.82) is 0 Å². The van der Waals surface area contributed by atoms with Gasteiger partial charge in [0.15, 0.2) is 0 Å². The fourth-order valence-corrected chi connectivity index (χ4v) is 7.22. The summed E-state index contributed by atoms with van der Waals surface area (Å²) in [6.07, 6.45) is 6.35. The maximum absolute atomic E-state index is 15.6. The van der Waals surface area contributed by atoms with Crippen LogP contribution in [0.25, 0.3) is 28.0 Å². The number of halogens is 1. The molecule has 276 valence electrons. The Morgan fingerprint density at radius 3 is 2.23 bits per heavy atom. The Labute approximate surface area is 304 Å². The van der Waals surface area contributed by atoms with E-state index in [1.807, 2.05) is 83.0 Å². The van der Waals surface area contributed by atoms with Gasteiger partial charge >= 0.3 is 12.2 Å². The highest BCUT2D eigenvalue weighted by Gasteiger charge is 2.42. The molecule has 3 aliphatic heterocycles. The van der Waals surface area contributed by atoms with Crippen molar-refractivity contribution < 1.29 is 28.2 Å². The van der Waals surface area contributed by atoms with E-state index in [1.54, 1.807) is 17.2 Å². The average Bonchev–Trinajstić information content (AvgIpc) is 3.92. The Morgan fingerprint density at radius 2 is 1.58 bits per heavy atom. The summed E-state index contributed by atoms with van der Waals surface area (Å²) in [4.78, 5) is 54.6. The Bertz CT molecular complexity index is 1890. The Balaban J connectivity index is 1.10. The van der Waals surface area contributed by atoms with E-state index in [9.17, 15) is 14.4 Å². The molecule has 3 amide bonds. The van der Waals surface area contributed by atoms with Crippen LogP contribution in [0.15, 0.2) is 59.9 Å². The second kappa shape index (κ2) is 14.6. The maximum atomic E-state index is 15.6. The minimum absolute atomic E-state index is 0.134. The van der Waals surface area contributed by atoms with Gasteiger partial charge < -0.3 is 24.7 Å². The molecule has 1 aromatic heterocycles. The molecule has 12 heteroatoms. The zero-order valence-corrected chi connectivity index (χ0v) is 31.1. The first-order chi connectivity index (χ1) is 24.6. The number of nitrogens with one attached hydrogen (secondary N) is 2. The van der Waals surface area contributed by atoms with Crippen molar-refractivity contribution in [3.05, 3.63) is 72.1 Å². The molecular formula is C40H49FN6O5. The van der Waals surface area contributed by atoms with Crippen LogP contribution in [-0.4, -0.2) is 81.5 Å². The van der Waals surface area contributed by atoms with Crippen molar-refractivity contribution >= 4 is 29.4 Å². The van der Waals surface area contributed by atoms with E-state index in [4.69, 9.17) is 14.5 Å². The number of aromatic amines is 1. The van der Waals surface area contributed by atoms with Crippen molar-refractivity contribution in [2.75, 3.05) is 20.2 Å². The normalized spacial score (nSPS) is 19.7. The fourth-order valence-electron chi connectivity index (χ4n) is 7.22. The molecule has 3 aromatic rings. The van der Waals surface area contributed by atoms with Crippen molar-refractivity contribution in [3.63, 3.8) is 0 Å². The topological polar surface area (TPSA) is 129 Å². The highest BCUT2D eigenvalue weighted by molar-refractivity contribution is 6.04. The highest BCUT2D eigenvalue weighted by atomic mass is 19.1. The molecule has 0 bridgehead atoms. The number of carbonyl (C=O) groups excluding carboxylic acids is 3. The molecule has 52 heavy (non-hydrogen) atoms. The van der Waals surface area contributed by atoms with E-state index >= 15 is 4.39 Å². The first-order valence-electron chi connectivity index (χ1n) is 18.0. The van der Waals surface area contributed by atoms with E-state index < -0.39 is 23.2 Å². The van der Waals surface area contributed by atoms with Crippen LogP contribution < -0.4 is 5.32 Å². The van der Waals surface area contributed by atoms with Crippen LogP contribution in [-0.2, 0) is 14.3 Å². The smallest absolute Gasteiger partial charge is 0.410 e. The van der Waals surface area contributed by atoms with Gasteiger partial charge in [0, 0.05) is 37.0 Å². The third kappa shape index (κ3) is 7.90. The lowest BCUT2D eigenvalue weighted by molar-refractivity contribution is -0.135. The van der Waals surface area contributed by atoms with Gasteiger partial charge in [-0.05, 0) is 86.3 Å². The average molecular weight is 713 g/mol. The number of ether oxygens (including phenoxy) is 2. The summed E-state index contributed by atoms with van der Waals surface area (Å²) >= 11 is 0. The number of aliphatic imine (C=N–C) groups is 1. The van der Waals surface area contributed by atoms with Crippen molar-refractivity contribution in [2.45, 2.75) is 97.4 Å². The summed E-state index contributed by atoms with van der Waals surface area (Å²) in [6.45, 7) is 12.5. The van der Waals surface area contributed by atoms with Gasteiger partial charge in [-0.25, -0.2) is 19.0 Å². The molecule has 2 aromatic carbocycles. The van der Waals surface area contributed by atoms with Crippen LogP contribution in [0.1, 0.15) is 91.1 Å². The second-order valence-corrected chi connectivity index (χ2v) is 15.9. The predicted octanol–water partition coefficient (Wildman–Crippen LogP) is 7.90. The summed E-state index contributed by atoms with van der Waals surface area (Å²) in [5, 5.41) is 2.74. The lowest BCUT2D eigenvalue weighted by atomic mass is 9.85. The first kappa shape index (κ1) is 36.8. The molecule has 3 atom stereocenters. The number of benzene rings is 2. The number of hydrogen-bond donors (Lipinski definition) is 2. The predicted molar refractivity (Wildman–Crippen MR) is 198 cm³/mol. The molecule has 11 nitrogen and oxygen atoms in total. The summed E-state index contributed by atoms with van der Waals surface area (Å²) in [7, 11) is 1.29. The minimum Gasteiger partial charge on any atom is -0.453 e. The molecule has 0 saturated carbocycles. The third-order valence-electron chi connectivity index (χ3n) is 9.88. The van der Waals surface area contributed by atoms with Gasteiger partial charge in [0.05, 0.1) is 31.1 Å². The van der Waals surface area contributed by atoms with Gasteiger partial charge in [0.25, 0.3) is 0 Å². The molecule has 0 unspecified atom stereocenters. The molecule has 0 spiro atoms. The number of amides is 3. The number of aromatic nitrogens is 2. The molecule has 0 radical (unpaired) electrons. The van der Waals surface area contributed by atoms with E-state index in [2.05, 4.69) is 15.3 Å². The van der Waals surface area contributed by atoms with Crippen LogP contribution in [0, 0.1) is 11.2 Å². The quantitative estimate of drug-likeness (QED) is 0.256. The van der Waals surface area contributed by atoms with Crippen molar-refractivity contribution in [2.24, 2.45) is 10.4 Å². The van der Waals surface area contributed by atoms with Gasteiger partial charge in [-0.1, -0.05) is 51.1 Å². The Morgan fingerprint density at radius 1 is 0.923 bits per heavy atom. The summed E-state index contributed by atoms with van der Waals surface area (Å²) in [5.41, 5.74) is 4.44. The first-order valence-corrected chi connectivity index (χ1v) is 18.0. The monoisotopic (exact) mass is 712 g/mol. The second-order valence-electron chi connectivity index (χ2n) is 15.9. The van der Waals surface area contributed by atoms with Crippen molar-refractivity contribution in [1.82, 2.24) is 25.1 Å². The molecule has 2 fully saturated rings. The Kier molecular flexibility index (Phi) is 10.3. The van der Waals surface area contributed by atoms with E-state index in [1.165, 1.54) is 13.2 Å². The molecule has 3 aliphatic rings. The number of carbonyl (C=O) groups is 3. The van der Waals surface area contributed by atoms with Gasteiger partial charge in [0.2, 0.25) is 5.91 Å². The highest BCUT2D eigenvalue weighted by Crippen LogP contribution is 2.36. The third-order valence-corrected chi connectivity index (χ3v) is 9.88. The molecule has 6 rings (SSSR count). The van der Waals surface area contributed by atoms with Crippen LogP contribution in [0.2, 0.25) is 0 Å². The Hall–Kier alpha value is -5.00. The van der Waals surface area contributed by atoms with Gasteiger partial charge in [0.1, 0.15) is 23.3 Å². The molecule has 0 aliphatic carbocycles. The number of hydrogen-bond acceptors (Lipinski definition) is 7. The molecule has 4 heterocycles. The molecule has 2 saturated heterocycles. The molecule has 2 N–H and O–H groups in total. The van der Waals surface area contributed by atoms with Gasteiger partial charge in [-0.2, -0.15) is 0 Å². The number of imidazole rings is 1. The number of likely N-dealkylation sites (tertiary alicyclic amines) is 2. The SMILES string of the molecule is COC(=O)N[C@H](C(=O)N1CCC[C@H]1C1=NC=C(c2ccc(-c3ccc(-c4cnc([C@@H]5CCCN5C(=O)OC(C)(C)C)[nH]4)c(F)c3)cc2)C1)C(C)(C)C. The van der Waals surface area contributed by atoms with E-state index in [-0.39, 0.29) is 29.9 Å². The largest absolute Gasteiger partial charge is 0.453 e. The number of rotatable bonds is 7. The standard InChI is InChI=1S/C40H49FN6O5/c1-39(2,3)34(45-37(49)51-7)36(48)46-18-8-10-32(46)30-21-27(22-42-30)25-14-12-24(13-15-25)26-16-17-28(29(41)20-26)31-23-43-35(44-31)33-11-9-19-47(33)38(50)52-40(4,5)6/h12-17,20,22-23,32-34H,8-11,18-19,21H2,1-7H3,(H,43,44)(H,45,49)/t32-,33-,34+/m0/s1. The van der Waals surface area contributed by atoms with Crippen molar-refractivity contribution in [3.8, 4) is 22.4 Å². The van der Waals surface area contributed by atoms with E-state index in [0.29, 0.717) is 36.6 Å². The number of alkyl carbamates (subject to hydrolysis) is 1.